The number of hydrogen-bond acceptors (Lipinski definition) is 5. The van der Waals surface area contributed by atoms with E-state index in [2.05, 4.69) is 29.2 Å². The van der Waals surface area contributed by atoms with E-state index in [1.165, 1.54) is 6.42 Å². The highest BCUT2D eigenvalue weighted by Crippen LogP contribution is 2.41. The third-order valence-corrected chi connectivity index (χ3v) is 6.90. The molecule has 1 aliphatic carbocycles. The highest BCUT2D eigenvalue weighted by molar-refractivity contribution is 6.14. The Morgan fingerprint density at radius 1 is 0.971 bits per heavy atom. The number of fused-ring (bicyclic) bond motifs is 2. The highest BCUT2D eigenvalue weighted by Gasteiger charge is 2.32. The number of carbonyl (C=O) groups excluding carboxylic acids is 1. The fourth-order valence-electron chi connectivity index (χ4n) is 5.07. The molecule has 0 unspecified atom stereocenters. The van der Waals surface area contributed by atoms with Gasteiger partial charge in [0.25, 0.3) is 0 Å². The number of phenolic OH excluding ortho intramolecular Hbond substituents is 1. The Hall–Kier alpha value is -3.70. The number of piperidine rings is 1. The van der Waals surface area contributed by atoms with Gasteiger partial charge in [0.05, 0.1) is 22.5 Å². The van der Waals surface area contributed by atoms with E-state index in [9.17, 15) is 9.90 Å². The lowest BCUT2D eigenvalue weighted by atomic mass is 10.0. The molecule has 2 aliphatic heterocycles. The molecule has 1 N–H and O–H groups in total. The second-order valence-corrected chi connectivity index (χ2v) is 9.14. The predicted octanol–water partition coefficient (Wildman–Crippen LogP) is 5.54. The largest absolute Gasteiger partial charge is 0.507 e. The summed E-state index contributed by atoms with van der Waals surface area (Å²) in [6.45, 7) is 2.59. The van der Waals surface area contributed by atoms with Crippen molar-refractivity contribution in [3.05, 3.63) is 94.9 Å². The number of Topliss-reactive ketones (excluding diaryl/α,β-unsaturated/α-hetero) is 1. The smallest absolute Gasteiger partial charge is 0.231 e. The molecular weight excluding hydrogens is 424 g/mol. The number of rotatable bonds is 4. The van der Waals surface area contributed by atoms with Gasteiger partial charge in [-0.1, -0.05) is 48.9 Å². The van der Waals surface area contributed by atoms with Crippen LogP contribution in [0.5, 0.6) is 11.5 Å². The van der Waals surface area contributed by atoms with Crippen LogP contribution in [-0.2, 0) is 13.0 Å². The van der Waals surface area contributed by atoms with Gasteiger partial charge in [-0.05, 0) is 55.8 Å². The highest BCUT2D eigenvalue weighted by atomic mass is 16.5. The van der Waals surface area contributed by atoms with Gasteiger partial charge in [-0.2, -0.15) is 0 Å². The van der Waals surface area contributed by atoms with E-state index in [0.717, 1.165) is 60.4 Å². The molecule has 3 aliphatic rings. The predicted molar refractivity (Wildman–Crippen MR) is 132 cm³/mol. The zero-order valence-corrected chi connectivity index (χ0v) is 19.0. The maximum atomic E-state index is 13.2. The first-order valence-corrected chi connectivity index (χ1v) is 11.9. The number of likely N-dealkylation sites (tertiary alicyclic amines) is 1. The van der Waals surface area contributed by atoms with Crippen molar-refractivity contribution in [1.29, 1.82) is 0 Å². The molecule has 6 rings (SSSR count). The number of phenols is 1. The third kappa shape index (κ3) is 3.72. The van der Waals surface area contributed by atoms with E-state index < -0.39 is 0 Å². The zero-order valence-electron chi connectivity index (χ0n) is 19.0. The second kappa shape index (κ2) is 8.58. The van der Waals surface area contributed by atoms with Gasteiger partial charge in [-0.15, -0.1) is 0 Å². The molecular formula is C29H26N2O3. The Bertz CT molecular complexity index is 1330. The van der Waals surface area contributed by atoms with Crippen molar-refractivity contribution >= 4 is 11.4 Å². The molecule has 0 saturated carbocycles. The number of nitrogens with zero attached hydrogens (tertiary/aromatic N) is 2. The molecule has 2 aromatic carbocycles. The van der Waals surface area contributed by atoms with Gasteiger partial charge >= 0.3 is 0 Å². The summed E-state index contributed by atoms with van der Waals surface area (Å²) in [4.78, 5) is 20.3. The van der Waals surface area contributed by atoms with Crippen molar-refractivity contribution in [2.24, 2.45) is 0 Å². The van der Waals surface area contributed by atoms with Crippen molar-refractivity contribution in [1.82, 2.24) is 9.88 Å². The molecule has 0 bridgehead atoms. The van der Waals surface area contributed by atoms with E-state index in [0.29, 0.717) is 29.2 Å². The van der Waals surface area contributed by atoms with E-state index in [-0.39, 0.29) is 11.5 Å². The Morgan fingerprint density at radius 3 is 2.59 bits per heavy atom. The van der Waals surface area contributed by atoms with Crippen molar-refractivity contribution < 1.29 is 14.6 Å². The van der Waals surface area contributed by atoms with E-state index in [4.69, 9.17) is 9.72 Å². The maximum absolute atomic E-state index is 13.2. The summed E-state index contributed by atoms with van der Waals surface area (Å²) in [6, 6.07) is 17.5. The number of pyridine rings is 1. The quantitative estimate of drug-likeness (QED) is 0.529. The first-order valence-electron chi connectivity index (χ1n) is 11.9. The SMILES string of the molecule is O=C1/C(=C/C2=CCc3nc(-c4ccccc4)ccc32)Oc2c1ccc(O)c2CN1CCCCC1. The molecule has 34 heavy (non-hydrogen) atoms. The molecule has 170 valence electrons. The van der Waals surface area contributed by atoms with Crippen LogP contribution in [0.3, 0.4) is 0 Å². The van der Waals surface area contributed by atoms with Crippen molar-refractivity contribution in [3.8, 4) is 22.8 Å². The molecule has 0 radical (unpaired) electrons. The topological polar surface area (TPSA) is 62.7 Å². The minimum absolute atomic E-state index is 0.141. The number of aromatic nitrogens is 1. The second-order valence-electron chi connectivity index (χ2n) is 9.14. The van der Waals surface area contributed by atoms with Gasteiger partial charge in [0.2, 0.25) is 5.78 Å². The molecule has 1 fully saturated rings. The van der Waals surface area contributed by atoms with Crippen LogP contribution in [0.2, 0.25) is 0 Å². The molecule has 0 atom stereocenters. The minimum atomic E-state index is -0.141. The third-order valence-electron chi connectivity index (χ3n) is 6.90. The minimum Gasteiger partial charge on any atom is -0.507 e. The molecule has 3 heterocycles. The Balaban J connectivity index is 1.28. The summed E-state index contributed by atoms with van der Waals surface area (Å²) < 4.78 is 6.11. The average molecular weight is 451 g/mol. The number of allylic oxidation sites excluding steroid dienone is 4. The van der Waals surface area contributed by atoms with E-state index in [1.807, 2.05) is 30.3 Å². The van der Waals surface area contributed by atoms with Crippen molar-refractivity contribution in [3.63, 3.8) is 0 Å². The monoisotopic (exact) mass is 450 g/mol. The first kappa shape index (κ1) is 20.9. The number of ether oxygens (including phenoxy) is 1. The summed E-state index contributed by atoms with van der Waals surface area (Å²) >= 11 is 0. The lowest BCUT2D eigenvalue weighted by Gasteiger charge is -2.27. The molecule has 3 aromatic rings. The molecule has 0 amide bonds. The van der Waals surface area contributed by atoms with Crippen LogP contribution in [0.1, 0.15) is 46.4 Å². The Kier molecular flexibility index (Phi) is 5.27. The molecule has 1 saturated heterocycles. The average Bonchev–Trinajstić information content (AvgIpc) is 3.42. The van der Waals surface area contributed by atoms with Gasteiger partial charge in [0, 0.05) is 24.1 Å². The van der Waals surface area contributed by atoms with Gasteiger partial charge in [0.1, 0.15) is 11.5 Å². The lowest BCUT2D eigenvalue weighted by molar-refractivity contribution is 0.101. The first-order chi connectivity index (χ1) is 16.7. The van der Waals surface area contributed by atoms with E-state index >= 15 is 0 Å². The normalized spacial score (nSPS) is 18.5. The summed E-state index contributed by atoms with van der Waals surface area (Å²) in [5.74, 6) is 0.837. The van der Waals surface area contributed by atoms with Crippen LogP contribution in [-0.4, -0.2) is 33.9 Å². The fourth-order valence-corrected chi connectivity index (χ4v) is 5.07. The van der Waals surface area contributed by atoms with Crippen LogP contribution >= 0.6 is 0 Å². The molecule has 5 nitrogen and oxygen atoms in total. The van der Waals surface area contributed by atoms with Crippen LogP contribution in [0.4, 0.5) is 0 Å². The van der Waals surface area contributed by atoms with E-state index in [1.54, 1.807) is 12.1 Å². The molecule has 5 heteroatoms. The lowest BCUT2D eigenvalue weighted by Crippen LogP contribution is -2.29. The van der Waals surface area contributed by atoms with Crippen LogP contribution < -0.4 is 4.74 Å². The summed E-state index contributed by atoms with van der Waals surface area (Å²) in [6.07, 6.45) is 8.19. The number of aromatic hydroxyl groups is 1. The standard InChI is InChI=1S/C29H26N2O3/c32-26-14-11-22-28(33)27(34-29(22)23(26)18-31-15-5-2-6-16-31)17-20-9-12-25-21(20)10-13-24(30-25)19-7-3-1-4-8-19/h1,3-4,7-11,13-14,17,32H,2,5-6,12,15-16,18H2/b27-17-. The van der Waals surface area contributed by atoms with Gasteiger partial charge in [-0.25, -0.2) is 0 Å². The van der Waals surface area contributed by atoms with Crippen molar-refractivity contribution in [2.45, 2.75) is 32.2 Å². The van der Waals surface area contributed by atoms with Gasteiger partial charge < -0.3 is 9.84 Å². The summed E-state index contributed by atoms with van der Waals surface area (Å²) in [5, 5.41) is 10.6. The van der Waals surface area contributed by atoms with Crippen LogP contribution in [0.15, 0.2) is 72.5 Å². The number of carbonyl (C=O) groups is 1. The fraction of sp³-hybridized carbons (Fsp3) is 0.241. The molecule has 0 spiro atoms. The summed E-state index contributed by atoms with van der Waals surface area (Å²) in [7, 11) is 0. The maximum Gasteiger partial charge on any atom is 0.231 e. The van der Waals surface area contributed by atoms with Gasteiger partial charge in [0.15, 0.2) is 5.76 Å². The number of benzene rings is 2. The Morgan fingerprint density at radius 2 is 1.76 bits per heavy atom. The number of ketones is 1. The van der Waals surface area contributed by atoms with Crippen LogP contribution in [0.25, 0.3) is 16.8 Å². The zero-order chi connectivity index (χ0) is 23.1. The van der Waals surface area contributed by atoms with Crippen LogP contribution in [0, 0.1) is 0 Å². The van der Waals surface area contributed by atoms with Crippen molar-refractivity contribution in [2.75, 3.05) is 13.1 Å². The summed E-state index contributed by atoms with van der Waals surface area (Å²) in [5.41, 5.74) is 6.22. The van der Waals surface area contributed by atoms with Gasteiger partial charge in [-0.3, -0.25) is 14.7 Å². The number of hydrogen-bond donors (Lipinski definition) is 1. The molecule has 1 aromatic heterocycles. The Labute approximate surface area is 199 Å².